The van der Waals surface area contributed by atoms with E-state index >= 15 is 0 Å². The van der Waals surface area contributed by atoms with Crippen LogP contribution >= 0.6 is 0 Å². The monoisotopic (exact) mass is 803 g/mol. The van der Waals surface area contributed by atoms with Gasteiger partial charge in [-0.05, 0) is 82.9 Å². The third kappa shape index (κ3) is 5.57. The van der Waals surface area contributed by atoms with Gasteiger partial charge in [0.2, 0.25) is 0 Å². The Kier molecular flexibility index (Phi) is 7.84. The van der Waals surface area contributed by atoms with Crippen LogP contribution in [-0.4, -0.2) is 23.7 Å². The van der Waals surface area contributed by atoms with Crippen LogP contribution in [0.5, 0.6) is 0 Å². The molecule has 0 saturated heterocycles. The van der Waals surface area contributed by atoms with Gasteiger partial charge in [0.05, 0.1) is 33.1 Å². The molecule has 0 atom stereocenters. The van der Waals surface area contributed by atoms with Crippen LogP contribution in [0.3, 0.4) is 0 Å². The molecule has 0 fully saturated rings. The predicted octanol–water partition coefficient (Wildman–Crippen LogP) is 14.8. The molecular weight excluding hydrogens is 767 g/mol. The smallest absolute Gasteiger partial charge is 0.163 e. The van der Waals surface area contributed by atoms with Crippen LogP contribution in [0.1, 0.15) is 0 Å². The van der Waals surface area contributed by atoms with Crippen LogP contribution in [-0.2, 0) is 0 Å². The highest BCUT2D eigenvalue weighted by Gasteiger charge is 2.21. The molecule has 0 radical (unpaired) electrons. The van der Waals surface area contributed by atoms with Gasteiger partial charge in [0.1, 0.15) is 11.6 Å². The van der Waals surface area contributed by atoms with Crippen LogP contribution in [0.4, 0.5) is 0 Å². The summed E-state index contributed by atoms with van der Waals surface area (Å²) >= 11 is 0. The SMILES string of the molecule is c1ccc(-c2ccc3c(c2)c2cc(-c4ccccc4)ccc2n3-c2cc(-n3c4ccccc4c4cc(-n5c6ccccc6c6ccccc65)ccc43)nc(-c3ccccc3)n2)cc1. The zero-order valence-corrected chi connectivity index (χ0v) is 34.1. The van der Waals surface area contributed by atoms with Crippen LogP contribution in [0.2, 0.25) is 0 Å². The maximum absolute atomic E-state index is 5.42. The maximum atomic E-state index is 5.42. The Balaban J connectivity index is 1.07. The van der Waals surface area contributed by atoms with E-state index in [1.54, 1.807) is 0 Å². The number of nitrogens with zero attached hydrogens (tertiary/aromatic N) is 5. The molecule has 63 heavy (non-hydrogen) atoms. The molecule has 0 aliphatic heterocycles. The molecule has 4 heterocycles. The second-order valence-electron chi connectivity index (χ2n) is 16.2. The number of fused-ring (bicyclic) bond motifs is 9. The van der Waals surface area contributed by atoms with Crippen LogP contribution in [0.15, 0.2) is 224 Å². The van der Waals surface area contributed by atoms with Crippen molar-refractivity contribution in [1.29, 1.82) is 0 Å². The molecule has 0 N–H and O–H groups in total. The fraction of sp³-hybridized carbons (Fsp3) is 0. The summed E-state index contributed by atoms with van der Waals surface area (Å²) in [5.41, 5.74) is 13.5. The summed E-state index contributed by atoms with van der Waals surface area (Å²) in [6.45, 7) is 0. The van der Waals surface area contributed by atoms with E-state index in [0.29, 0.717) is 5.82 Å². The molecule has 294 valence electrons. The van der Waals surface area contributed by atoms with Gasteiger partial charge in [-0.1, -0.05) is 158 Å². The summed E-state index contributed by atoms with van der Waals surface area (Å²) < 4.78 is 7.02. The van der Waals surface area contributed by atoms with Crippen molar-refractivity contribution in [2.24, 2.45) is 0 Å². The third-order valence-electron chi connectivity index (χ3n) is 12.7. The molecule has 4 aromatic heterocycles. The molecule has 0 spiro atoms. The van der Waals surface area contributed by atoms with Crippen molar-refractivity contribution in [2.75, 3.05) is 0 Å². The molecule has 0 amide bonds. The largest absolute Gasteiger partial charge is 0.309 e. The first-order valence-electron chi connectivity index (χ1n) is 21.4. The first kappa shape index (κ1) is 35.2. The minimum Gasteiger partial charge on any atom is -0.309 e. The minimum atomic E-state index is 0.660. The van der Waals surface area contributed by atoms with Gasteiger partial charge >= 0.3 is 0 Å². The zero-order valence-electron chi connectivity index (χ0n) is 34.1. The standard InChI is InChI=1S/C58H37N5/c1-4-16-38(17-5-1)41-28-31-53-47(34-41)48-35-42(39-18-6-2-7-19-39)29-32-54(48)63(53)57-37-56(59-58(60-57)40-20-8-3-9-21-40)62-52-27-15-12-24-46(52)49-36-43(30-33-55(49)62)61-50-25-13-10-22-44(50)45-23-11-14-26-51(45)61/h1-37H. The lowest BCUT2D eigenvalue weighted by Crippen LogP contribution is -2.06. The summed E-state index contributed by atoms with van der Waals surface area (Å²) in [7, 11) is 0. The number of aromatic nitrogens is 5. The third-order valence-corrected chi connectivity index (χ3v) is 12.7. The molecule has 0 bridgehead atoms. The minimum absolute atomic E-state index is 0.660. The molecular formula is C58H37N5. The molecule has 0 aliphatic carbocycles. The Morgan fingerprint density at radius 3 is 1.10 bits per heavy atom. The quantitative estimate of drug-likeness (QED) is 0.168. The van der Waals surface area contributed by atoms with E-state index in [4.69, 9.17) is 9.97 Å². The van der Waals surface area contributed by atoms with Gasteiger partial charge in [-0.25, -0.2) is 9.97 Å². The fourth-order valence-electron chi connectivity index (χ4n) is 9.81. The van der Waals surface area contributed by atoms with Crippen molar-refractivity contribution in [2.45, 2.75) is 0 Å². The average Bonchev–Trinajstić information content (AvgIpc) is 3.99. The Bertz CT molecular complexity index is 3750. The maximum Gasteiger partial charge on any atom is 0.163 e. The molecule has 5 nitrogen and oxygen atoms in total. The van der Waals surface area contributed by atoms with Gasteiger partial charge in [0, 0.05) is 49.6 Å². The van der Waals surface area contributed by atoms with E-state index in [-0.39, 0.29) is 0 Å². The van der Waals surface area contributed by atoms with Crippen molar-refractivity contribution in [1.82, 2.24) is 23.7 Å². The van der Waals surface area contributed by atoms with E-state index in [2.05, 4.69) is 232 Å². The van der Waals surface area contributed by atoms with E-state index in [0.717, 1.165) is 55.7 Å². The second kappa shape index (κ2) is 14.0. The Morgan fingerprint density at radius 2 is 0.603 bits per heavy atom. The number of benzene rings is 9. The fourth-order valence-corrected chi connectivity index (χ4v) is 9.81. The average molecular weight is 804 g/mol. The summed E-state index contributed by atoms with van der Waals surface area (Å²) in [5, 5.41) is 7.14. The molecule has 5 heteroatoms. The van der Waals surface area contributed by atoms with Gasteiger partial charge in [-0.15, -0.1) is 0 Å². The predicted molar refractivity (Wildman–Crippen MR) is 261 cm³/mol. The number of rotatable bonds is 6. The first-order valence-corrected chi connectivity index (χ1v) is 21.4. The number of hydrogen-bond donors (Lipinski definition) is 0. The number of hydrogen-bond acceptors (Lipinski definition) is 2. The summed E-state index contributed by atoms with van der Waals surface area (Å²) in [4.78, 5) is 10.8. The van der Waals surface area contributed by atoms with Gasteiger partial charge < -0.3 is 4.57 Å². The molecule has 0 saturated carbocycles. The van der Waals surface area contributed by atoms with Crippen molar-refractivity contribution < 1.29 is 0 Å². The van der Waals surface area contributed by atoms with Crippen LogP contribution in [0.25, 0.3) is 116 Å². The summed E-state index contributed by atoms with van der Waals surface area (Å²) in [6, 6.07) is 80.3. The van der Waals surface area contributed by atoms with Gasteiger partial charge in [-0.3, -0.25) is 9.13 Å². The highest BCUT2D eigenvalue weighted by atomic mass is 15.1. The Hall–Kier alpha value is -8.54. The Labute approximate surface area is 363 Å². The lowest BCUT2D eigenvalue weighted by molar-refractivity contribution is 0.994. The van der Waals surface area contributed by atoms with Crippen molar-refractivity contribution in [3.05, 3.63) is 224 Å². The molecule has 9 aromatic carbocycles. The van der Waals surface area contributed by atoms with Gasteiger partial charge in [0.15, 0.2) is 5.82 Å². The second-order valence-corrected chi connectivity index (χ2v) is 16.2. The van der Waals surface area contributed by atoms with Crippen molar-refractivity contribution in [3.63, 3.8) is 0 Å². The van der Waals surface area contributed by atoms with Crippen molar-refractivity contribution in [3.8, 4) is 51.0 Å². The lowest BCUT2D eigenvalue weighted by Gasteiger charge is -2.14. The van der Waals surface area contributed by atoms with Crippen LogP contribution in [0, 0.1) is 0 Å². The highest BCUT2D eigenvalue weighted by molar-refractivity contribution is 6.13. The summed E-state index contributed by atoms with van der Waals surface area (Å²) in [5.74, 6) is 2.26. The molecule has 0 unspecified atom stereocenters. The van der Waals surface area contributed by atoms with Gasteiger partial charge in [0.25, 0.3) is 0 Å². The van der Waals surface area contributed by atoms with Crippen LogP contribution < -0.4 is 0 Å². The normalized spacial score (nSPS) is 11.8. The molecule has 0 aliphatic rings. The van der Waals surface area contributed by atoms with Gasteiger partial charge in [-0.2, -0.15) is 0 Å². The van der Waals surface area contributed by atoms with E-state index in [9.17, 15) is 0 Å². The molecule has 13 rings (SSSR count). The molecule has 13 aromatic rings. The first-order chi connectivity index (χ1) is 31.2. The highest BCUT2D eigenvalue weighted by Crippen LogP contribution is 2.40. The lowest BCUT2D eigenvalue weighted by atomic mass is 10.0. The topological polar surface area (TPSA) is 40.6 Å². The van der Waals surface area contributed by atoms with Crippen molar-refractivity contribution >= 4 is 65.4 Å². The number of para-hydroxylation sites is 3. The van der Waals surface area contributed by atoms with E-state index in [1.165, 1.54) is 54.8 Å². The zero-order chi connectivity index (χ0) is 41.4. The van der Waals surface area contributed by atoms with E-state index in [1.807, 2.05) is 6.07 Å². The van der Waals surface area contributed by atoms with E-state index < -0.39 is 0 Å². The summed E-state index contributed by atoms with van der Waals surface area (Å²) in [6.07, 6.45) is 0. The Morgan fingerprint density at radius 1 is 0.238 bits per heavy atom.